The van der Waals surface area contributed by atoms with Gasteiger partial charge in [0.1, 0.15) is 10.6 Å². The van der Waals surface area contributed by atoms with Gasteiger partial charge in [-0.2, -0.15) is 8.42 Å². The molecule has 1 rings (SSSR count). The van der Waals surface area contributed by atoms with Crippen molar-refractivity contribution in [3.8, 4) is 5.75 Å². The highest BCUT2D eigenvalue weighted by atomic mass is 32.2. The lowest BCUT2D eigenvalue weighted by atomic mass is 9.90. The Kier molecular flexibility index (Phi) is 12.7. The van der Waals surface area contributed by atoms with Crippen LogP contribution in [0.1, 0.15) is 120 Å². The van der Waals surface area contributed by atoms with Crippen molar-refractivity contribution in [2.45, 2.75) is 129 Å². The maximum atomic E-state index is 12.2. The minimum Gasteiger partial charge on any atom is -0.507 e. The Balaban J connectivity index is 3.09. The number of rotatable bonds is 16. The molecule has 0 fully saturated rings. The Hall–Kier alpha value is -1.07. The molecule has 0 spiro atoms. The van der Waals surface area contributed by atoms with E-state index in [0.29, 0.717) is 24.0 Å². The van der Waals surface area contributed by atoms with Gasteiger partial charge in [0, 0.05) is 5.56 Å². The van der Waals surface area contributed by atoms with Crippen molar-refractivity contribution in [1.82, 2.24) is 0 Å². The van der Waals surface area contributed by atoms with Crippen LogP contribution in [0.3, 0.4) is 0 Å². The molecule has 0 amide bonds. The molecule has 0 aliphatic carbocycles. The Morgan fingerprint density at radius 2 is 1.10 bits per heavy atom. The monoisotopic (exact) mass is 440 g/mol. The lowest BCUT2D eigenvalue weighted by Crippen LogP contribution is -2.12. The van der Waals surface area contributed by atoms with Crippen LogP contribution < -0.4 is 0 Å². The molecule has 0 radical (unpaired) electrons. The molecular weight excluding hydrogens is 396 g/mol. The van der Waals surface area contributed by atoms with E-state index in [4.69, 9.17) is 0 Å². The molecule has 0 heterocycles. The van der Waals surface area contributed by atoms with Crippen molar-refractivity contribution in [1.29, 1.82) is 0 Å². The number of phenols is 1. The SMILES string of the molecule is CCCCCCCCc1c(C)c(CCCCCCCC)c(S(=O)(=O)O)c(CC)c1O. The Bertz CT molecular complexity index is 738. The number of benzene rings is 1. The fourth-order valence-corrected chi connectivity index (χ4v) is 5.53. The number of unbranched alkanes of at least 4 members (excludes halogenated alkanes) is 10. The maximum absolute atomic E-state index is 12.2. The van der Waals surface area contributed by atoms with E-state index in [2.05, 4.69) is 13.8 Å². The molecule has 1 aromatic carbocycles. The average Bonchev–Trinajstić information content (AvgIpc) is 2.69. The third kappa shape index (κ3) is 8.22. The smallest absolute Gasteiger partial charge is 0.295 e. The largest absolute Gasteiger partial charge is 0.507 e. The fourth-order valence-electron chi connectivity index (χ4n) is 4.41. The molecule has 0 unspecified atom stereocenters. The molecule has 0 aliphatic rings. The molecular formula is C25H44O4S. The molecule has 0 saturated carbocycles. The summed E-state index contributed by atoms with van der Waals surface area (Å²) in [5.41, 5.74) is 2.81. The zero-order valence-electron chi connectivity index (χ0n) is 19.7. The first-order chi connectivity index (χ1) is 14.3. The highest BCUT2D eigenvalue weighted by Crippen LogP contribution is 2.38. The minimum absolute atomic E-state index is 0.0414. The topological polar surface area (TPSA) is 74.6 Å². The second-order valence-electron chi connectivity index (χ2n) is 8.60. The molecule has 0 bridgehead atoms. The zero-order valence-corrected chi connectivity index (χ0v) is 20.5. The Labute approximate surface area is 185 Å². The van der Waals surface area contributed by atoms with E-state index in [-0.39, 0.29) is 10.6 Å². The van der Waals surface area contributed by atoms with Gasteiger partial charge >= 0.3 is 0 Å². The van der Waals surface area contributed by atoms with Crippen molar-refractivity contribution in [3.05, 3.63) is 22.3 Å². The van der Waals surface area contributed by atoms with Crippen molar-refractivity contribution < 1.29 is 18.1 Å². The second kappa shape index (κ2) is 14.1. The standard InChI is InChI=1S/C25H44O4S/c1-5-8-10-12-14-16-18-22-20(4)23(19-17-15-13-11-9-6-2)25(30(27,28)29)21(7-3)24(22)26/h26H,5-19H2,1-4H3,(H,27,28,29). The summed E-state index contributed by atoms with van der Waals surface area (Å²) in [5.74, 6) is 0.0721. The predicted molar refractivity (Wildman–Crippen MR) is 126 cm³/mol. The van der Waals surface area contributed by atoms with Crippen LogP contribution in [0.5, 0.6) is 5.75 Å². The molecule has 30 heavy (non-hydrogen) atoms. The molecule has 4 nitrogen and oxygen atoms in total. The fraction of sp³-hybridized carbons (Fsp3) is 0.760. The molecule has 0 aromatic heterocycles. The van der Waals surface area contributed by atoms with Gasteiger partial charge in [-0.25, -0.2) is 0 Å². The van der Waals surface area contributed by atoms with Crippen LogP contribution in [-0.4, -0.2) is 18.1 Å². The zero-order chi connectivity index (χ0) is 22.6. The molecule has 5 heteroatoms. The van der Waals surface area contributed by atoms with Gasteiger partial charge in [-0.1, -0.05) is 85.0 Å². The van der Waals surface area contributed by atoms with Crippen molar-refractivity contribution in [3.63, 3.8) is 0 Å². The Morgan fingerprint density at radius 3 is 1.53 bits per heavy atom. The minimum atomic E-state index is -4.38. The van der Waals surface area contributed by atoms with E-state index in [1.807, 2.05) is 13.8 Å². The van der Waals surface area contributed by atoms with E-state index in [1.54, 1.807) is 0 Å². The molecule has 0 atom stereocenters. The summed E-state index contributed by atoms with van der Waals surface area (Å²) >= 11 is 0. The maximum Gasteiger partial charge on any atom is 0.295 e. The quantitative estimate of drug-likeness (QED) is 0.209. The third-order valence-electron chi connectivity index (χ3n) is 6.20. The van der Waals surface area contributed by atoms with E-state index in [1.165, 1.54) is 44.9 Å². The normalized spacial score (nSPS) is 11.9. The molecule has 174 valence electrons. The van der Waals surface area contributed by atoms with Crippen LogP contribution in [0.15, 0.2) is 4.90 Å². The van der Waals surface area contributed by atoms with Crippen LogP contribution in [0.4, 0.5) is 0 Å². The van der Waals surface area contributed by atoms with E-state index >= 15 is 0 Å². The van der Waals surface area contributed by atoms with Gasteiger partial charge < -0.3 is 5.11 Å². The number of aromatic hydroxyl groups is 1. The van der Waals surface area contributed by atoms with Gasteiger partial charge in [-0.15, -0.1) is 0 Å². The van der Waals surface area contributed by atoms with Gasteiger partial charge in [-0.3, -0.25) is 4.55 Å². The van der Waals surface area contributed by atoms with E-state index in [9.17, 15) is 18.1 Å². The molecule has 2 N–H and O–H groups in total. The van der Waals surface area contributed by atoms with Gasteiger partial charge in [0.15, 0.2) is 0 Å². The summed E-state index contributed by atoms with van der Waals surface area (Å²) in [6.07, 6.45) is 15.5. The molecule has 1 aromatic rings. The van der Waals surface area contributed by atoms with Crippen molar-refractivity contribution in [2.24, 2.45) is 0 Å². The Morgan fingerprint density at radius 1 is 0.667 bits per heavy atom. The van der Waals surface area contributed by atoms with Crippen molar-refractivity contribution in [2.75, 3.05) is 0 Å². The number of hydrogen-bond acceptors (Lipinski definition) is 3. The second-order valence-corrected chi connectivity index (χ2v) is 9.96. The van der Waals surface area contributed by atoms with Crippen LogP contribution in [0.2, 0.25) is 0 Å². The summed E-state index contributed by atoms with van der Waals surface area (Å²) in [6, 6.07) is 0. The van der Waals surface area contributed by atoms with E-state index in [0.717, 1.165) is 49.7 Å². The van der Waals surface area contributed by atoms with Gasteiger partial charge in [0.2, 0.25) is 0 Å². The summed E-state index contributed by atoms with van der Waals surface area (Å²) in [6.45, 7) is 8.14. The summed E-state index contributed by atoms with van der Waals surface area (Å²) in [5, 5.41) is 10.9. The first-order valence-electron chi connectivity index (χ1n) is 12.1. The van der Waals surface area contributed by atoms with Crippen molar-refractivity contribution >= 4 is 10.1 Å². The van der Waals surface area contributed by atoms with Gasteiger partial charge in [-0.05, 0) is 55.7 Å². The highest BCUT2D eigenvalue weighted by Gasteiger charge is 2.27. The summed E-state index contributed by atoms with van der Waals surface area (Å²) < 4.78 is 34.4. The number of phenolic OH excluding ortho intramolecular Hbond substituents is 1. The highest BCUT2D eigenvalue weighted by molar-refractivity contribution is 7.86. The predicted octanol–water partition coefficient (Wildman–Crippen LogP) is 7.32. The van der Waals surface area contributed by atoms with E-state index < -0.39 is 10.1 Å². The van der Waals surface area contributed by atoms with Crippen LogP contribution in [-0.2, 0) is 29.4 Å². The first-order valence-corrected chi connectivity index (χ1v) is 13.6. The van der Waals surface area contributed by atoms with Gasteiger partial charge in [0.05, 0.1) is 0 Å². The lowest BCUT2D eigenvalue weighted by molar-refractivity contribution is 0.448. The summed E-state index contributed by atoms with van der Waals surface area (Å²) in [4.78, 5) is -0.0414. The summed E-state index contributed by atoms with van der Waals surface area (Å²) in [7, 11) is -4.38. The van der Waals surface area contributed by atoms with Gasteiger partial charge in [0.25, 0.3) is 10.1 Å². The van der Waals surface area contributed by atoms with Crippen LogP contribution >= 0.6 is 0 Å². The van der Waals surface area contributed by atoms with Crippen LogP contribution in [0, 0.1) is 6.92 Å². The first kappa shape index (κ1) is 27.0. The van der Waals surface area contributed by atoms with Crippen LogP contribution in [0.25, 0.3) is 0 Å². The average molecular weight is 441 g/mol. The number of hydrogen-bond donors (Lipinski definition) is 2. The third-order valence-corrected chi connectivity index (χ3v) is 7.21. The lowest BCUT2D eigenvalue weighted by Gasteiger charge is -2.21. The molecule has 0 aliphatic heterocycles. The molecule has 0 saturated heterocycles.